The smallest absolute Gasteiger partial charge is 0.257 e. The second-order valence-electron chi connectivity index (χ2n) is 1.98. The van der Waals surface area contributed by atoms with Gasteiger partial charge in [0.05, 0.1) is 0 Å². The Bertz CT molecular complexity index is 122. The highest BCUT2D eigenvalue weighted by atomic mass is 19.3. The first-order chi connectivity index (χ1) is 4.54. The van der Waals surface area contributed by atoms with Gasteiger partial charge in [-0.2, -0.15) is 0 Å². The Balaban J connectivity index is 3.69. The first-order valence-electron chi connectivity index (χ1n) is 2.79. The van der Waals surface area contributed by atoms with E-state index in [0.29, 0.717) is 0 Å². The predicted octanol–water partition coefficient (Wildman–Crippen LogP) is 0.128. The molecule has 0 unspecified atom stereocenters. The zero-order valence-electron chi connectivity index (χ0n) is 6.01. The Hall–Kier alpha value is -0.870. The number of guanidine groups is 1. The fourth-order valence-corrected chi connectivity index (χ4v) is 0.304. The minimum Gasteiger partial charge on any atom is -0.370 e. The number of nitrogens with two attached hydrogens (primary N) is 1. The van der Waals surface area contributed by atoms with E-state index in [4.69, 9.17) is 5.73 Å². The minimum atomic E-state index is -2.42. The standard InChI is InChI=1S/C5H11F2N3/c1-10(2)5(8)9-3-4(6)7/h4H,3H2,1-2H3,(H2,8,9). The van der Waals surface area contributed by atoms with Gasteiger partial charge in [-0.3, -0.25) is 0 Å². The van der Waals surface area contributed by atoms with Crippen LogP contribution in [0.15, 0.2) is 4.99 Å². The molecular weight excluding hydrogens is 140 g/mol. The number of aliphatic imine (C=N–C) groups is 1. The van der Waals surface area contributed by atoms with Crippen molar-refractivity contribution in [3.63, 3.8) is 0 Å². The van der Waals surface area contributed by atoms with Gasteiger partial charge in [-0.15, -0.1) is 0 Å². The minimum absolute atomic E-state index is 0.125. The average Bonchev–Trinajstić information content (AvgIpc) is 1.82. The van der Waals surface area contributed by atoms with Gasteiger partial charge in [-0.05, 0) is 0 Å². The van der Waals surface area contributed by atoms with Gasteiger partial charge in [0.2, 0.25) is 0 Å². The first-order valence-corrected chi connectivity index (χ1v) is 2.79. The van der Waals surface area contributed by atoms with Crippen molar-refractivity contribution in [3.05, 3.63) is 0 Å². The van der Waals surface area contributed by atoms with Crippen LogP contribution in [-0.4, -0.2) is 37.9 Å². The molecule has 60 valence electrons. The number of hydrogen-bond acceptors (Lipinski definition) is 1. The maximum absolute atomic E-state index is 11.5. The third-order valence-corrected chi connectivity index (χ3v) is 0.849. The molecule has 0 saturated heterocycles. The summed E-state index contributed by atoms with van der Waals surface area (Å²) in [6.45, 7) is -0.524. The lowest BCUT2D eigenvalue weighted by Crippen LogP contribution is -2.30. The molecule has 0 aromatic heterocycles. The van der Waals surface area contributed by atoms with Crippen molar-refractivity contribution in [2.24, 2.45) is 10.7 Å². The summed E-state index contributed by atoms with van der Waals surface area (Å²) < 4.78 is 23.0. The topological polar surface area (TPSA) is 41.6 Å². The van der Waals surface area contributed by atoms with Gasteiger partial charge in [0.1, 0.15) is 6.54 Å². The molecule has 5 heteroatoms. The Morgan fingerprint density at radius 1 is 1.60 bits per heavy atom. The Kier molecular flexibility index (Phi) is 3.68. The van der Waals surface area contributed by atoms with E-state index in [1.165, 1.54) is 4.90 Å². The molecule has 0 bridgehead atoms. The lowest BCUT2D eigenvalue weighted by molar-refractivity contribution is 0.158. The van der Waals surface area contributed by atoms with E-state index in [1.54, 1.807) is 14.1 Å². The summed E-state index contributed by atoms with van der Waals surface area (Å²) in [6.07, 6.45) is -2.42. The van der Waals surface area contributed by atoms with E-state index in [2.05, 4.69) is 4.99 Å². The summed E-state index contributed by atoms with van der Waals surface area (Å²) in [7, 11) is 3.29. The third-order valence-electron chi connectivity index (χ3n) is 0.849. The number of rotatable bonds is 2. The maximum Gasteiger partial charge on any atom is 0.257 e. The molecule has 0 saturated carbocycles. The quantitative estimate of drug-likeness (QED) is 0.450. The van der Waals surface area contributed by atoms with Crippen LogP contribution in [0.1, 0.15) is 0 Å². The van der Waals surface area contributed by atoms with E-state index >= 15 is 0 Å². The lowest BCUT2D eigenvalue weighted by Gasteiger charge is -2.09. The fraction of sp³-hybridized carbons (Fsp3) is 0.800. The molecule has 0 heterocycles. The molecule has 0 aliphatic rings. The molecule has 0 aromatic carbocycles. The van der Waals surface area contributed by atoms with E-state index in [1.807, 2.05) is 0 Å². The molecule has 0 amide bonds. The molecule has 0 aliphatic heterocycles. The highest BCUT2D eigenvalue weighted by Crippen LogP contribution is 1.91. The zero-order chi connectivity index (χ0) is 8.15. The van der Waals surface area contributed by atoms with Crippen molar-refractivity contribution in [1.29, 1.82) is 0 Å². The van der Waals surface area contributed by atoms with Crippen molar-refractivity contribution >= 4 is 5.96 Å². The van der Waals surface area contributed by atoms with Crippen LogP contribution < -0.4 is 5.73 Å². The zero-order valence-corrected chi connectivity index (χ0v) is 6.01. The molecule has 0 fully saturated rings. The van der Waals surface area contributed by atoms with Gasteiger partial charge in [-0.25, -0.2) is 13.8 Å². The van der Waals surface area contributed by atoms with Gasteiger partial charge in [-0.1, -0.05) is 0 Å². The van der Waals surface area contributed by atoms with Crippen LogP contribution in [0.5, 0.6) is 0 Å². The number of alkyl halides is 2. The maximum atomic E-state index is 11.5. The van der Waals surface area contributed by atoms with Crippen molar-refractivity contribution in [2.75, 3.05) is 20.6 Å². The van der Waals surface area contributed by atoms with Gasteiger partial charge >= 0.3 is 0 Å². The highest BCUT2D eigenvalue weighted by Gasteiger charge is 2.00. The molecule has 0 rings (SSSR count). The van der Waals surface area contributed by atoms with Crippen LogP contribution >= 0.6 is 0 Å². The first kappa shape index (κ1) is 9.13. The van der Waals surface area contributed by atoms with E-state index in [0.717, 1.165) is 0 Å². The van der Waals surface area contributed by atoms with Crippen LogP contribution in [0.25, 0.3) is 0 Å². The van der Waals surface area contributed by atoms with E-state index < -0.39 is 13.0 Å². The number of hydrogen-bond donors (Lipinski definition) is 1. The monoisotopic (exact) mass is 151 g/mol. The third kappa shape index (κ3) is 4.05. The van der Waals surface area contributed by atoms with E-state index in [9.17, 15) is 8.78 Å². The van der Waals surface area contributed by atoms with Crippen molar-refractivity contribution in [3.8, 4) is 0 Å². The molecule has 0 aromatic rings. The largest absolute Gasteiger partial charge is 0.370 e. The van der Waals surface area contributed by atoms with Crippen LogP contribution in [0, 0.1) is 0 Å². The summed E-state index contributed by atoms with van der Waals surface area (Å²) in [5, 5.41) is 0. The summed E-state index contributed by atoms with van der Waals surface area (Å²) in [5.74, 6) is 0.125. The van der Waals surface area contributed by atoms with Gasteiger partial charge in [0, 0.05) is 14.1 Å². The van der Waals surface area contributed by atoms with E-state index in [-0.39, 0.29) is 5.96 Å². The molecule has 0 radical (unpaired) electrons. The molecule has 2 N–H and O–H groups in total. The van der Waals surface area contributed by atoms with Crippen LogP contribution in [0.4, 0.5) is 8.78 Å². The predicted molar refractivity (Wildman–Crippen MR) is 36.2 cm³/mol. The molecule has 0 atom stereocenters. The molecule has 0 spiro atoms. The number of nitrogens with zero attached hydrogens (tertiary/aromatic N) is 2. The molecule has 0 aliphatic carbocycles. The summed E-state index contributed by atoms with van der Waals surface area (Å²) >= 11 is 0. The van der Waals surface area contributed by atoms with Gasteiger partial charge in [0.25, 0.3) is 6.43 Å². The second-order valence-corrected chi connectivity index (χ2v) is 1.98. The lowest BCUT2D eigenvalue weighted by atomic mass is 10.7. The molecule has 10 heavy (non-hydrogen) atoms. The van der Waals surface area contributed by atoms with Crippen molar-refractivity contribution in [1.82, 2.24) is 4.90 Å². The van der Waals surface area contributed by atoms with Crippen LogP contribution in [-0.2, 0) is 0 Å². The van der Waals surface area contributed by atoms with Crippen LogP contribution in [0.2, 0.25) is 0 Å². The average molecular weight is 151 g/mol. The Labute approximate surface area is 58.5 Å². The van der Waals surface area contributed by atoms with Gasteiger partial charge < -0.3 is 10.6 Å². The normalized spacial score (nSPS) is 12.3. The fourth-order valence-electron chi connectivity index (χ4n) is 0.304. The summed E-state index contributed by atoms with van der Waals surface area (Å²) in [4.78, 5) is 4.87. The van der Waals surface area contributed by atoms with Crippen molar-refractivity contribution in [2.45, 2.75) is 6.43 Å². The highest BCUT2D eigenvalue weighted by molar-refractivity contribution is 5.77. The van der Waals surface area contributed by atoms with Gasteiger partial charge in [0.15, 0.2) is 5.96 Å². The Morgan fingerprint density at radius 2 is 2.10 bits per heavy atom. The van der Waals surface area contributed by atoms with Crippen molar-refractivity contribution < 1.29 is 8.78 Å². The molecule has 3 nitrogen and oxygen atoms in total. The summed E-state index contributed by atoms with van der Waals surface area (Å²) in [5.41, 5.74) is 5.21. The summed E-state index contributed by atoms with van der Waals surface area (Å²) in [6, 6.07) is 0. The Morgan fingerprint density at radius 3 is 2.40 bits per heavy atom. The second kappa shape index (κ2) is 4.03. The van der Waals surface area contributed by atoms with Crippen LogP contribution in [0.3, 0.4) is 0 Å². The SMILES string of the molecule is CN(C)C(N)=NCC(F)F. The number of halogens is 2. The molecular formula is C5H11F2N3.